The second-order valence-corrected chi connectivity index (χ2v) is 36.0. The summed E-state index contributed by atoms with van der Waals surface area (Å²) in [7, 11) is 0. The van der Waals surface area contributed by atoms with E-state index in [1.165, 1.54) is 168 Å². The first-order valence-electron chi connectivity index (χ1n) is 35.3. The lowest BCUT2D eigenvalue weighted by Crippen LogP contribution is -2.62. The maximum absolute atomic E-state index is 2.89. The number of rotatable bonds is 4. The van der Waals surface area contributed by atoms with Gasteiger partial charge in [0.15, 0.2) is 0 Å². The Bertz CT molecular complexity index is 4860. The quantitative estimate of drug-likeness (QED) is 0.163. The van der Waals surface area contributed by atoms with Crippen LogP contribution in [0.1, 0.15) is 225 Å². The van der Waals surface area contributed by atoms with Crippen molar-refractivity contribution in [1.29, 1.82) is 0 Å². The molecule has 3 nitrogen and oxygen atoms in total. The highest BCUT2D eigenvalue weighted by atomic mass is 32.1. The molecule has 1 saturated carbocycles. The molecule has 1 fully saturated rings. The molecule has 17 rings (SSSR count). The Hall–Kier alpha value is -7.34. The summed E-state index contributed by atoms with van der Waals surface area (Å²) < 4.78 is 2.66. The van der Waals surface area contributed by atoms with Crippen LogP contribution in [0, 0.1) is 0 Å². The van der Waals surface area contributed by atoms with E-state index in [1.807, 2.05) is 11.3 Å². The summed E-state index contributed by atoms with van der Waals surface area (Å²) in [6.07, 6.45) is 9.31. The van der Waals surface area contributed by atoms with Crippen molar-refractivity contribution < 1.29 is 0 Å². The molecule has 10 aromatic rings. The van der Waals surface area contributed by atoms with Crippen LogP contribution in [0.3, 0.4) is 0 Å². The highest BCUT2D eigenvalue weighted by Gasteiger charge is 2.59. The second kappa shape index (κ2) is 19.2. The molecule has 0 bridgehead atoms. The van der Waals surface area contributed by atoms with E-state index in [1.54, 1.807) is 0 Å². The molecular weight excluding hydrogens is 1140 g/mol. The Morgan fingerprint density at radius 3 is 1.51 bits per heavy atom. The summed E-state index contributed by atoms with van der Waals surface area (Å²) in [4.78, 5) is 8.48. The Balaban J connectivity index is 1.01. The van der Waals surface area contributed by atoms with Crippen molar-refractivity contribution in [3.8, 4) is 11.1 Å². The first-order chi connectivity index (χ1) is 43.9. The Morgan fingerprint density at radius 2 is 0.871 bits per heavy atom. The Kier molecular flexibility index (Phi) is 12.3. The van der Waals surface area contributed by atoms with E-state index in [4.69, 9.17) is 0 Å². The van der Waals surface area contributed by atoms with Gasteiger partial charge in [-0.05, 0) is 228 Å². The third-order valence-corrected chi connectivity index (χ3v) is 27.1. The average Bonchev–Trinajstić information content (AvgIpc) is 1.67. The van der Waals surface area contributed by atoms with Crippen LogP contribution in [0.5, 0.6) is 0 Å². The van der Waals surface area contributed by atoms with E-state index in [0.29, 0.717) is 0 Å². The van der Waals surface area contributed by atoms with Gasteiger partial charge in [0.25, 0.3) is 6.71 Å². The molecule has 7 aliphatic rings. The zero-order valence-electron chi connectivity index (χ0n) is 58.6. The second-order valence-electron chi connectivity index (χ2n) is 35.0. The first-order valence-corrected chi connectivity index (χ1v) is 36.1. The topological polar surface area (TPSA) is 9.72 Å². The van der Waals surface area contributed by atoms with Crippen LogP contribution >= 0.6 is 11.3 Å². The van der Waals surface area contributed by atoms with Gasteiger partial charge >= 0.3 is 0 Å². The fourth-order valence-corrected chi connectivity index (χ4v) is 20.8. The molecular formula is C88H94BN3S. The van der Waals surface area contributed by atoms with Gasteiger partial charge in [0.1, 0.15) is 0 Å². The molecule has 0 N–H and O–H groups in total. The molecule has 5 heteroatoms. The van der Waals surface area contributed by atoms with Gasteiger partial charge in [-0.3, -0.25) is 0 Å². The van der Waals surface area contributed by atoms with Crippen molar-refractivity contribution >= 4 is 100 Å². The standard InChI is InChI=1S/C88H94BN3S/c1-80(2,3)55-31-28-53(29-32-55)54-30-36-72-69(44-54)87(16)38-22-23-39-88(87,17)92(72)58-47-75-79-76(48-58)91(57-33-35-61-64(46-57)82(6,7)41-40-81(61,4)5)73-51-66-65(83(8,9)42-43-84(66,10)11)49-70(73)89(79)71-50-67-68(86(14,15)63-26-20-19-25-62(63)85(67,12)13)52-74(71)90(75)56-34-37-78-60(45-56)59-24-18-21-27-77(59)93-78/h18-21,24-37,44-52H,22-23,38-43H2,1-17H3. The van der Waals surface area contributed by atoms with Crippen LogP contribution < -0.4 is 31.1 Å². The van der Waals surface area contributed by atoms with Gasteiger partial charge in [-0.25, -0.2) is 0 Å². The average molecular weight is 1240 g/mol. The zero-order chi connectivity index (χ0) is 64.9. The van der Waals surface area contributed by atoms with Crippen LogP contribution in [0.25, 0.3) is 31.3 Å². The van der Waals surface area contributed by atoms with E-state index in [0.717, 1.165) is 32.1 Å². The van der Waals surface area contributed by atoms with Crippen molar-refractivity contribution in [1.82, 2.24) is 0 Å². The molecule has 1 aromatic heterocycles. The molecule has 2 unspecified atom stereocenters. The monoisotopic (exact) mass is 1240 g/mol. The van der Waals surface area contributed by atoms with Gasteiger partial charge < -0.3 is 14.7 Å². The van der Waals surface area contributed by atoms with Gasteiger partial charge in [0, 0.05) is 81.9 Å². The van der Waals surface area contributed by atoms with Crippen LogP contribution in [-0.2, 0) is 43.3 Å². The molecule has 0 amide bonds. The minimum absolute atomic E-state index is 0.00604. The molecule has 0 radical (unpaired) electrons. The predicted octanol–water partition coefficient (Wildman–Crippen LogP) is 22.5. The van der Waals surface area contributed by atoms with Crippen LogP contribution in [0.15, 0.2) is 164 Å². The number of anilines is 8. The third kappa shape index (κ3) is 8.20. The predicted molar refractivity (Wildman–Crippen MR) is 402 cm³/mol. The normalized spacial score (nSPS) is 22.6. The van der Waals surface area contributed by atoms with Crippen molar-refractivity contribution in [3.63, 3.8) is 0 Å². The minimum atomic E-state index is -0.263. The van der Waals surface area contributed by atoms with Crippen LogP contribution in [-0.4, -0.2) is 12.3 Å². The summed E-state index contributed by atoms with van der Waals surface area (Å²) in [5.41, 5.74) is 31.0. The van der Waals surface area contributed by atoms with Crippen LogP contribution in [0.4, 0.5) is 45.5 Å². The molecule has 93 heavy (non-hydrogen) atoms. The first kappa shape index (κ1) is 59.4. The molecule has 0 spiro atoms. The Morgan fingerprint density at radius 1 is 0.366 bits per heavy atom. The highest BCUT2D eigenvalue weighted by molar-refractivity contribution is 7.25. The fourth-order valence-electron chi connectivity index (χ4n) is 19.7. The van der Waals surface area contributed by atoms with E-state index in [9.17, 15) is 0 Å². The summed E-state index contributed by atoms with van der Waals surface area (Å²) in [6.45, 7) is 42.3. The number of thiophene rings is 1. The molecule has 4 aliphatic carbocycles. The lowest BCUT2D eigenvalue weighted by atomic mass is 9.32. The molecule has 2 atom stereocenters. The molecule has 0 saturated heterocycles. The lowest BCUT2D eigenvalue weighted by Gasteiger charge is -2.52. The van der Waals surface area contributed by atoms with Crippen molar-refractivity contribution in [2.45, 2.75) is 218 Å². The summed E-state index contributed by atoms with van der Waals surface area (Å²) in [5.74, 6) is 0. The van der Waals surface area contributed by atoms with Crippen molar-refractivity contribution in [3.05, 3.63) is 219 Å². The molecule has 4 heterocycles. The lowest BCUT2D eigenvalue weighted by molar-refractivity contribution is 0.195. The SMILES string of the molecule is CC(C)(C)c1ccc(-c2ccc3c(c2)C2(C)CCCCC2(C)N3c2cc3c4c(c2)N(c2ccc5sc6ccccc6c5c2)c2cc5c(cc2B4c2cc4c(cc2N3c2ccc3c(c2)C(C)(C)CCC3(C)C)C(C)(C)CCC4(C)C)C(C)(C)c2ccccc2C5(C)C)cc1. The third-order valence-electron chi connectivity index (χ3n) is 25.9. The van der Waals surface area contributed by atoms with Gasteiger partial charge in [-0.1, -0.05) is 215 Å². The number of benzene rings is 9. The smallest absolute Gasteiger partial charge is 0.252 e. The summed E-state index contributed by atoms with van der Waals surface area (Å²) in [5, 5.41) is 2.65. The zero-order valence-corrected chi connectivity index (χ0v) is 59.4. The van der Waals surface area contributed by atoms with E-state index in [2.05, 4.69) is 296 Å². The van der Waals surface area contributed by atoms with Gasteiger partial charge in [-0.15, -0.1) is 11.3 Å². The van der Waals surface area contributed by atoms with E-state index < -0.39 is 0 Å². The van der Waals surface area contributed by atoms with Crippen molar-refractivity contribution in [2.24, 2.45) is 0 Å². The summed E-state index contributed by atoms with van der Waals surface area (Å²) >= 11 is 1.92. The minimum Gasteiger partial charge on any atom is -0.334 e. The number of hydrogen-bond donors (Lipinski definition) is 0. The molecule has 3 aliphatic heterocycles. The van der Waals surface area contributed by atoms with Gasteiger partial charge in [0.2, 0.25) is 0 Å². The Labute approximate surface area is 559 Å². The van der Waals surface area contributed by atoms with Gasteiger partial charge in [0.05, 0.1) is 5.54 Å². The van der Waals surface area contributed by atoms with E-state index in [-0.39, 0.29) is 55.6 Å². The fraction of sp³-hybridized carbons (Fsp3) is 0.386. The number of nitrogens with zero attached hydrogens (tertiary/aromatic N) is 3. The van der Waals surface area contributed by atoms with E-state index >= 15 is 0 Å². The largest absolute Gasteiger partial charge is 0.334 e. The maximum atomic E-state index is 2.89. The van der Waals surface area contributed by atoms with Gasteiger partial charge in [-0.2, -0.15) is 0 Å². The number of hydrogen-bond acceptors (Lipinski definition) is 4. The summed E-state index contributed by atoms with van der Waals surface area (Å²) in [6, 6.07) is 67.1. The van der Waals surface area contributed by atoms with Crippen molar-refractivity contribution in [2.75, 3.05) is 14.7 Å². The maximum Gasteiger partial charge on any atom is 0.252 e. The molecule has 9 aromatic carbocycles. The highest BCUT2D eigenvalue weighted by Crippen LogP contribution is 2.63. The molecule has 470 valence electrons. The van der Waals surface area contributed by atoms with Crippen LogP contribution in [0.2, 0.25) is 0 Å². The number of fused-ring (bicyclic) bond motifs is 14.